The van der Waals surface area contributed by atoms with Crippen LogP contribution in [0.3, 0.4) is 0 Å². The van der Waals surface area contributed by atoms with Crippen molar-refractivity contribution in [2.75, 3.05) is 45.8 Å². The van der Waals surface area contributed by atoms with E-state index in [1.807, 2.05) is 24.5 Å². The van der Waals surface area contributed by atoms with E-state index < -0.39 is 0 Å². The smallest absolute Gasteiger partial charge is 0.222 e. The lowest BCUT2D eigenvalue weighted by atomic mass is 9.93. The minimum Gasteiger partial charge on any atom is -0.343 e. The lowest BCUT2D eigenvalue weighted by molar-refractivity contribution is -0.132. The van der Waals surface area contributed by atoms with Gasteiger partial charge in [-0.25, -0.2) is 0 Å². The van der Waals surface area contributed by atoms with Gasteiger partial charge in [-0.15, -0.1) is 0 Å². The molecule has 10 nitrogen and oxygen atoms in total. The molecular formula is C29H45N5O5. The van der Waals surface area contributed by atoms with E-state index in [-0.39, 0.29) is 47.7 Å². The zero-order valence-corrected chi connectivity index (χ0v) is 23.4. The number of hydrogen-bond acceptors (Lipinski definition) is 5. The Bertz CT molecular complexity index is 894. The second-order valence-electron chi connectivity index (χ2n) is 12.1. The fourth-order valence-electron chi connectivity index (χ4n) is 7.44. The normalized spacial score (nSPS) is 24.0. The quantitative estimate of drug-likeness (QED) is 0.352. The first-order valence-corrected chi connectivity index (χ1v) is 15.3. The van der Waals surface area contributed by atoms with Crippen molar-refractivity contribution in [2.45, 2.75) is 108 Å². The highest BCUT2D eigenvalue weighted by atomic mass is 16.2. The standard InChI is InChI=1S/C29H45N5O5/c35-25-6-1-13-30(25)18-11-22(32-15-3-8-27(32)37)20-24(34-17-5-10-29(34)39)21-23(33-16-4-9-28(33)38)12-19-31-14-2-7-26(31)36/h22-24H,1-21H2/t22-,23-/m1/s1. The first-order chi connectivity index (χ1) is 18.9. The fourth-order valence-corrected chi connectivity index (χ4v) is 7.44. The Morgan fingerprint density at radius 1 is 0.436 bits per heavy atom. The van der Waals surface area contributed by atoms with E-state index in [0.717, 1.165) is 58.3 Å². The van der Waals surface area contributed by atoms with E-state index in [4.69, 9.17) is 0 Å². The SMILES string of the molecule is O=C1CCCN1CC[C@H](CC(C[C@@H](CCN1CCCC1=O)N1CCCC1=O)N1CCCC1=O)N1CCCC1=O. The van der Waals surface area contributed by atoms with Crippen LogP contribution in [0.5, 0.6) is 0 Å². The molecule has 0 unspecified atom stereocenters. The molecule has 0 N–H and O–H groups in total. The molecule has 0 spiro atoms. The summed E-state index contributed by atoms with van der Waals surface area (Å²) in [4.78, 5) is 73.2. The Kier molecular flexibility index (Phi) is 9.07. The molecule has 0 aromatic carbocycles. The van der Waals surface area contributed by atoms with Crippen LogP contribution in [-0.4, -0.2) is 118 Å². The molecule has 5 saturated heterocycles. The molecule has 0 radical (unpaired) electrons. The molecule has 0 bridgehead atoms. The summed E-state index contributed by atoms with van der Waals surface area (Å²) in [6.07, 6.45) is 9.93. The van der Waals surface area contributed by atoms with E-state index in [2.05, 4.69) is 0 Å². The highest BCUT2D eigenvalue weighted by Gasteiger charge is 2.38. The second-order valence-corrected chi connectivity index (χ2v) is 12.1. The first-order valence-electron chi connectivity index (χ1n) is 15.3. The predicted octanol–water partition coefficient (Wildman–Crippen LogP) is 1.76. The van der Waals surface area contributed by atoms with E-state index in [0.29, 0.717) is 77.4 Å². The van der Waals surface area contributed by atoms with E-state index in [1.165, 1.54) is 0 Å². The molecule has 10 heteroatoms. The molecule has 5 aliphatic rings. The predicted molar refractivity (Wildman–Crippen MR) is 144 cm³/mol. The third-order valence-corrected chi connectivity index (χ3v) is 9.55. The zero-order chi connectivity index (χ0) is 27.4. The molecule has 5 aliphatic heterocycles. The van der Waals surface area contributed by atoms with Gasteiger partial charge in [0, 0.05) is 96.0 Å². The number of likely N-dealkylation sites (tertiary alicyclic amines) is 5. The molecule has 216 valence electrons. The van der Waals surface area contributed by atoms with Gasteiger partial charge in [-0.3, -0.25) is 24.0 Å². The Morgan fingerprint density at radius 2 is 0.769 bits per heavy atom. The Hall–Kier alpha value is -2.65. The van der Waals surface area contributed by atoms with Gasteiger partial charge in [-0.05, 0) is 57.8 Å². The summed E-state index contributed by atoms with van der Waals surface area (Å²) >= 11 is 0. The number of rotatable bonds is 13. The maximum atomic E-state index is 13.0. The molecule has 5 heterocycles. The van der Waals surface area contributed by atoms with Gasteiger partial charge in [0.1, 0.15) is 0 Å². The lowest BCUT2D eigenvalue weighted by Crippen LogP contribution is -2.49. The van der Waals surface area contributed by atoms with Crippen LogP contribution in [0.4, 0.5) is 0 Å². The summed E-state index contributed by atoms with van der Waals surface area (Å²) in [5.41, 5.74) is 0. The van der Waals surface area contributed by atoms with E-state index in [1.54, 1.807) is 0 Å². The Balaban J connectivity index is 1.34. The minimum atomic E-state index is -0.0830. The summed E-state index contributed by atoms with van der Waals surface area (Å²) < 4.78 is 0. The lowest BCUT2D eigenvalue weighted by Gasteiger charge is -2.39. The summed E-state index contributed by atoms with van der Waals surface area (Å²) in [6, 6.07) is -0.163. The molecular weight excluding hydrogens is 498 g/mol. The number of carbonyl (C=O) groups excluding carboxylic acids is 5. The van der Waals surface area contributed by atoms with Gasteiger partial charge < -0.3 is 24.5 Å². The average molecular weight is 544 g/mol. The van der Waals surface area contributed by atoms with Gasteiger partial charge in [-0.2, -0.15) is 0 Å². The van der Waals surface area contributed by atoms with Crippen molar-refractivity contribution < 1.29 is 24.0 Å². The van der Waals surface area contributed by atoms with Crippen molar-refractivity contribution in [3.05, 3.63) is 0 Å². The van der Waals surface area contributed by atoms with Crippen LogP contribution in [0.1, 0.15) is 89.9 Å². The highest BCUT2D eigenvalue weighted by molar-refractivity contribution is 5.80. The molecule has 2 atom stereocenters. The van der Waals surface area contributed by atoms with Crippen LogP contribution in [-0.2, 0) is 24.0 Å². The number of hydrogen-bond donors (Lipinski definition) is 0. The molecule has 5 fully saturated rings. The van der Waals surface area contributed by atoms with Crippen LogP contribution in [0, 0.1) is 0 Å². The average Bonchev–Trinajstić information content (AvgIpc) is 3.74. The third kappa shape index (κ3) is 6.57. The summed E-state index contributed by atoms with van der Waals surface area (Å²) in [5, 5.41) is 0. The fraction of sp³-hybridized carbons (Fsp3) is 0.828. The van der Waals surface area contributed by atoms with Gasteiger partial charge in [0.15, 0.2) is 0 Å². The van der Waals surface area contributed by atoms with Crippen molar-refractivity contribution >= 4 is 29.5 Å². The molecule has 0 aromatic rings. The maximum absolute atomic E-state index is 13.0. The van der Waals surface area contributed by atoms with Crippen molar-refractivity contribution in [3.63, 3.8) is 0 Å². The van der Waals surface area contributed by atoms with E-state index >= 15 is 0 Å². The summed E-state index contributed by atoms with van der Waals surface area (Å²) in [5.74, 6) is 0.868. The van der Waals surface area contributed by atoms with Gasteiger partial charge in [-0.1, -0.05) is 0 Å². The third-order valence-electron chi connectivity index (χ3n) is 9.55. The summed E-state index contributed by atoms with van der Waals surface area (Å²) in [7, 11) is 0. The van der Waals surface area contributed by atoms with Crippen LogP contribution < -0.4 is 0 Å². The van der Waals surface area contributed by atoms with Crippen molar-refractivity contribution in [3.8, 4) is 0 Å². The highest BCUT2D eigenvalue weighted by Crippen LogP contribution is 2.30. The molecule has 0 saturated carbocycles. The Morgan fingerprint density at radius 3 is 1.08 bits per heavy atom. The van der Waals surface area contributed by atoms with Gasteiger partial charge in [0.05, 0.1) is 0 Å². The minimum absolute atomic E-state index is 0.0399. The topological polar surface area (TPSA) is 102 Å². The molecule has 5 amide bonds. The Labute approximate surface area is 232 Å². The van der Waals surface area contributed by atoms with Crippen LogP contribution >= 0.6 is 0 Å². The molecule has 0 aromatic heterocycles. The van der Waals surface area contributed by atoms with Crippen molar-refractivity contribution in [2.24, 2.45) is 0 Å². The number of amides is 5. The largest absolute Gasteiger partial charge is 0.343 e. The first kappa shape index (κ1) is 27.9. The maximum Gasteiger partial charge on any atom is 0.222 e. The van der Waals surface area contributed by atoms with Crippen molar-refractivity contribution in [1.29, 1.82) is 0 Å². The van der Waals surface area contributed by atoms with Crippen molar-refractivity contribution in [1.82, 2.24) is 24.5 Å². The number of carbonyl (C=O) groups is 5. The molecule has 5 rings (SSSR count). The second kappa shape index (κ2) is 12.7. The molecule has 0 aliphatic carbocycles. The monoisotopic (exact) mass is 543 g/mol. The van der Waals surface area contributed by atoms with Crippen LogP contribution in [0.15, 0.2) is 0 Å². The zero-order valence-electron chi connectivity index (χ0n) is 23.4. The van der Waals surface area contributed by atoms with Gasteiger partial charge in [0.2, 0.25) is 29.5 Å². The number of nitrogens with zero attached hydrogens (tertiary/aromatic N) is 5. The van der Waals surface area contributed by atoms with Gasteiger partial charge >= 0.3 is 0 Å². The van der Waals surface area contributed by atoms with Gasteiger partial charge in [0.25, 0.3) is 0 Å². The van der Waals surface area contributed by atoms with Crippen LogP contribution in [0.2, 0.25) is 0 Å². The van der Waals surface area contributed by atoms with Crippen LogP contribution in [0.25, 0.3) is 0 Å². The van der Waals surface area contributed by atoms with E-state index in [9.17, 15) is 24.0 Å². The summed E-state index contributed by atoms with van der Waals surface area (Å²) in [6.45, 7) is 4.99. The molecule has 39 heavy (non-hydrogen) atoms.